The third-order valence-electron chi connectivity index (χ3n) is 3.82. The lowest BCUT2D eigenvalue weighted by molar-refractivity contribution is 0.250. The number of nitrogens with one attached hydrogen (secondary N) is 2. The smallest absolute Gasteiger partial charge is 0.320 e. The molecule has 3 heterocycles. The van der Waals surface area contributed by atoms with Crippen molar-refractivity contribution >= 4 is 38.5 Å². The molecule has 126 valence electrons. The highest BCUT2D eigenvalue weighted by Gasteiger charge is 2.23. The average Bonchev–Trinajstić information content (AvgIpc) is 2.99. The third kappa shape index (κ3) is 3.57. The topological polar surface area (TPSA) is 93.9 Å². The number of carbonyl (C=O) groups is 1. The lowest BCUT2D eigenvalue weighted by Crippen LogP contribution is -2.34. The van der Waals surface area contributed by atoms with Crippen molar-refractivity contribution in [2.45, 2.75) is 32.7 Å². The van der Waals surface area contributed by atoms with Crippen molar-refractivity contribution in [2.75, 3.05) is 23.3 Å². The van der Waals surface area contributed by atoms with Crippen LogP contribution in [-0.4, -0.2) is 35.1 Å². The summed E-state index contributed by atoms with van der Waals surface area (Å²) in [6.07, 6.45) is 3.58. The molecule has 0 radical (unpaired) electrons. The molecule has 1 fully saturated rings. The largest absolute Gasteiger partial charge is 0.347 e. The number of fused-ring (bicyclic) bond motifs is 1. The van der Waals surface area contributed by atoms with Crippen LogP contribution >= 0.6 is 11.3 Å². The van der Waals surface area contributed by atoms with Gasteiger partial charge in [-0.3, -0.25) is 5.32 Å². The number of thiazole rings is 1. The summed E-state index contributed by atoms with van der Waals surface area (Å²) in [5, 5.41) is 15.6. The molecule has 1 aliphatic heterocycles. The minimum absolute atomic E-state index is 0.0532. The molecule has 7 nitrogen and oxygen atoms in total. The van der Waals surface area contributed by atoms with E-state index < -0.39 is 0 Å². The minimum atomic E-state index is -0.275. The normalized spacial score (nSPS) is 17.8. The molecule has 2 amide bonds. The fraction of sp³-hybridized carbons (Fsp3) is 0.500. The van der Waals surface area contributed by atoms with E-state index in [9.17, 15) is 4.79 Å². The zero-order valence-corrected chi connectivity index (χ0v) is 14.6. The number of carbonyl (C=O) groups excluding carboxylic acids is 1. The highest BCUT2D eigenvalue weighted by molar-refractivity contribution is 7.22. The summed E-state index contributed by atoms with van der Waals surface area (Å²) in [5.41, 5.74) is 0.809. The fourth-order valence-electron chi connectivity index (χ4n) is 2.73. The molecule has 0 bridgehead atoms. The van der Waals surface area contributed by atoms with E-state index in [1.807, 2.05) is 19.9 Å². The Labute approximate surface area is 144 Å². The molecule has 1 atom stereocenters. The average molecular weight is 344 g/mol. The van der Waals surface area contributed by atoms with E-state index in [2.05, 4.69) is 31.6 Å². The molecule has 1 unspecified atom stereocenters. The number of hydrogen-bond acceptors (Lipinski definition) is 6. The summed E-state index contributed by atoms with van der Waals surface area (Å²) >= 11 is 1.50. The van der Waals surface area contributed by atoms with Crippen LogP contribution in [0.4, 0.5) is 15.7 Å². The van der Waals surface area contributed by atoms with Gasteiger partial charge < -0.3 is 10.2 Å². The summed E-state index contributed by atoms with van der Waals surface area (Å²) in [6, 6.07) is 3.97. The van der Waals surface area contributed by atoms with E-state index >= 15 is 0 Å². The van der Waals surface area contributed by atoms with Crippen molar-refractivity contribution in [1.29, 1.82) is 5.26 Å². The predicted octanol–water partition coefficient (Wildman–Crippen LogP) is 2.96. The first kappa shape index (κ1) is 16.5. The van der Waals surface area contributed by atoms with Gasteiger partial charge in [0.1, 0.15) is 0 Å². The monoisotopic (exact) mass is 344 g/mol. The highest BCUT2D eigenvalue weighted by Crippen LogP contribution is 2.34. The first-order chi connectivity index (χ1) is 11.6. The summed E-state index contributed by atoms with van der Waals surface area (Å²) in [7, 11) is 0. The molecule has 8 heteroatoms. The number of nitrogens with zero attached hydrogens (tertiary/aromatic N) is 4. The summed E-state index contributed by atoms with van der Waals surface area (Å²) in [6.45, 7) is 5.42. The van der Waals surface area contributed by atoms with Crippen LogP contribution in [0.1, 0.15) is 26.7 Å². The van der Waals surface area contributed by atoms with Gasteiger partial charge in [0.15, 0.2) is 10.9 Å². The Hall–Kier alpha value is -2.40. The van der Waals surface area contributed by atoms with E-state index in [0.29, 0.717) is 12.4 Å². The third-order valence-corrected chi connectivity index (χ3v) is 4.96. The molecule has 2 N–H and O–H groups in total. The standard InChI is InChI=1S/C16H20N6OS/c1-10(2)19-15(23)21-14-13-12(5-6-18-14)20-16(24-13)22-7-3-4-11(8-17)9-22/h5-6,10-11H,3-4,7,9H2,1-2H3,(H2,18,19,21,23). The van der Waals surface area contributed by atoms with E-state index in [0.717, 1.165) is 34.7 Å². The number of pyridine rings is 1. The van der Waals surface area contributed by atoms with E-state index in [4.69, 9.17) is 5.26 Å². The predicted molar refractivity (Wildman–Crippen MR) is 95.3 cm³/mol. The van der Waals surface area contributed by atoms with Gasteiger partial charge in [-0.25, -0.2) is 14.8 Å². The number of piperidine rings is 1. The Kier molecular flexibility index (Phi) is 4.81. The Morgan fingerprint density at radius 3 is 3.12 bits per heavy atom. The number of rotatable bonds is 3. The van der Waals surface area contributed by atoms with Crippen molar-refractivity contribution in [3.8, 4) is 6.07 Å². The summed E-state index contributed by atoms with van der Waals surface area (Å²) < 4.78 is 0.852. The van der Waals surface area contributed by atoms with E-state index in [-0.39, 0.29) is 18.0 Å². The minimum Gasteiger partial charge on any atom is -0.347 e. The summed E-state index contributed by atoms with van der Waals surface area (Å²) in [4.78, 5) is 23.0. The van der Waals surface area contributed by atoms with Crippen LogP contribution in [0, 0.1) is 17.2 Å². The number of hydrogen-bond donors (Lipinski definition) is 2. The highest BCUT2D eigenvalue weighted by atomic mass is 32.1. The molecule has 24 heavy (non-hydrogen) atoms. The van der Waals surface area contributed by atoms with Crippen molar-refractivity contribution in [3.05, 3.63) is 12.3 Å². The van der Waals surface area contributed by atoms with Gasteiger partial charge in [0.2, 0.25) is 0 Å². The molecule has 2 aromatic rings. The summed E-state index contributed by atoms with van der Waals surface area (Å²) in [5.74, 6) is 0.571. The second-order valence-corrected chi connectivity index (χ2v) is 7.15. The van der Waals surface area contributed by atoms with Crippen molar-refractivity contribution < 1.29 is 4.79 Å². The second kappa shape index (κ2) is 7.01. The molecule has 0 spiro atoms. The molecular weight excluding hydrogens is 324 g/mol. The van der Waals surface area contributed by atoms with Crippen LogP contribution in [-0.2, 0) is 0 Å². The van der Waals surface area contributed by atoms with Crippen LogP contribution in [0.25, 0.3) is 10.2 Å². The molecule has 0 aromatic carbocycles. The van der Waals surface area contributed by atoms with Crippen LogP contribution in [0.15, 0.2) is 12.3 Å². The van der Waals surface area contributed by atoms with Crippen LogP contribution in [0.3, 0.4) is 0 Å². The molecule has 1 aliphatic rings. The molecular formula is C16H20N6OS. The van der Waals surface area contributed by atoms with Gasteiger partial charge in [0, 0.05) is 25.3 Å². The molecule has 2 aromatic heterocycles. The number of urea groups is 1. The van der Waals surface area contributed by atoms with E-state index in [1.54, 1.807) is 6.20 Å². The number of anilines is 2. The first-order valence-corrected chi connectivity index (χ1v) is 8.86. The van der Waals surface area contributed by atoms with Gasteiger partial charge in [-0.1, -0.05) is 11.3 Å². The zero-order chi connectivity index (χ0) is 17.1. The molecule has 1 saturated heterocycles. The Balaban J connectivity index is 1.84. The van der Waals surface area contributed by atoms with Crippen molar-refractivity contribution in [2.24, 2.45) is 5.92 Å². The maximum Gasteiger partial charge on any atom is 0.320 e. The maximum absolute atomic E-state index is 11.9. The molecule has 3 rings (SSSR count). The molecule has 0 aliphatic carbocycles. The second-order valence-electron chi connectivity index (χ2n) is 6.17. The lowest BCUT2D eigenvalue weighted by Gasteiger charge is -2.28. The maximum atomic E-state index is 11.9. The Morgan fingerprint density at radius 1 is 1.54 bits per heavy atom. The van der Waals surface area contributed by atoms with Crippen LogP contribution < -0.4 is 15.5 Å². The lowest BCUT2D eigenvalue weighted by atomic mass is 10.0. The quantitative estimate of drug-likeness (QED) is 0.893. The first-order valence-electron chi connectivity index (χ1n) is 8.04. The molecule has 0 saturated carbocycles. The van der Waals surface area contributed by atoms with Gasteiger partial charge in [0.05, 0.1) is 22.2 Å². The van der Waals surface area contributed by atoms with Crippen molar-refractivity contribution in [1.82, 2.24) is 15.3 Å². The number of aromatic nitrogens is 2. The van der Waals surface area contributed by atoms with Gasteiger partial charge in [-0.2, -0.15) is 5.26 Å². The van der Waals surface area contributed by atoms with Gasteiger partial charge >= 0.3 is 6.03 Å². The van der Waals surface area contributed by atoms with Gasteiger partial charge in [0.25, 0.3) is 0 Å². The van der Waals surface area contributed by atoms with Crippen LogP contribution in [0.5, 0.6) is 0 Å². The Morgan fingerprint density at radius 2 is 2.38 bits per heavy atom. The van der Waals surface area contributed by atoms with Crippen molar-refractivity contribution in [3.63, 3.8) is 0 Å². The van der Waals surface area contributed by atoms with Gasteiger partial charge in [-0.05, 0) is 32.8 Å². The number of amides is 2. The number of nitriles is 1. The van der Waals surface area contributed by atoms with Crippen LogP contribution in [0.2, 0.25) is 0 Å². The Bertz CT molecular complexity index is 780. The zero-order valence-electron chi connectivity index (χ0n) is 13.7. The van der Waals surface area contributed by atoms with E-state index in [1.165, 1.54) is 11.3 Å². The fourth-order valence-corrected chi connectivity index (χ4v) is 3.77. The van der Waals surface area contributed by atoms with Gasteiger partial charge in [-0.15, -0.1) is 0 Å². The SMILES string of the molecule is CC(C)NC(=O)Nc1nccc2nc(N3CCCC(C#N)C3)sc12.